The Bertz CT molecular complexity index is 829. The number of nitrogens with one attached hydrogen (secondary N) is 2. The zero-order valence-corrected chi connectivity index (χ0v) is 17.3. The van der Waals surface area contributed by atoms with Crippen molar-refractivity contribution in [2.45, 2.75) is 32.9 Å². The van der Waals surface area contributed by atoms with E-state index in [2.05, 4.69) is 10.6 Å². The second-order valence-electron chi connectivity index (χ2n) is 6.57. The summed E-state index contributed by atoms with van der Waals surface area (Å²) in [5.74, 6) is 0.951. The van der Waals surface area contributed by atoms with Crippen LogP contribution < -0.4 is 20.1 Å². The Balaban J connectivity index is 1.85. The largest absolute Gasteiger partial charge is 0.497 e. The lowest BCUT2D eigenvalue weighted by molar-refractivity contribution is -0.127. The fraction of sp³-hybridized carbons (Fsp3) is 0.304. The number of rotatable bonds is 9. The van der Waals surface area contributed by atoms with Crippen molar-refractivity contribution in [3.8, 4) is 11.5 Å². The number of amides is 2. The van der Waals surface area contributed by atoms with Crippen LogP contribution in [-0.2, 0) is 9.59 Å². The third-order valence-corrected chi connectivity index (χ3v) is 4.34. The summed E-state index contributed by atoms with van der Waals surface area (Å²) in [6, 6.07) is 14.0. The molecule has 2 aromatic carbocycles. The summed E-state index contributed by atoms with van der Waals surface area (Å²) in [5.41, 5.74) is 1.82. The summed E-state index contributed by atoms with van der Waals surface area (Å²) < 4.78 is 10.5. The van der Waals surface area contributed by atoms with Crippen LogP contribution in [0.4, 0.5) is 0 Å². The second-order valence-corrected chi connectivity index (χ2v) is 6.57. The topological polar surface area (TPSA) is 76.7 Å². The van der Waals surface area contributed by atoms with Crippen molar-refractivity contribution in [2.24, 2.45) is 0 Å². The van der Waals surface area contributed by atoms with Gasteiger partial charge in [-0.2, -0.15) is 0 Å². The standard InChI is InChI=1S/C23H28N2O4/c1-5-29-21-13-9-19(10-14-21)16(2)25-23(27)17(3)24-22(26)15-8-18-6-11-20(28-4)12-7-18/h6-17H,5H2,1-4H3,(H,24,26)(H,25,27)/b15-8+. The smallest absolute Gasteiger partial charge is 0.244 e. The normalized spacial score (nSPS) is 12.8. The van der Waals surface area contributed by atoms with Gasteiger partial charge in [0.2, 0.25) is 11.8 Å². The average Bonchev–Trinajstić information content (AvgIpc) is 2.73. The van der Waals surface area contributed by atoms with Crippen LogP contribution in [0, 0.1) is 0 Å². The Hall–Kier alpha value is -3.28. The Morgan fingerprint density at radius 3 is 2.17 bits per heavy atom. The number of hydrogen-bond acceptors (Lipinski definition) is 4. The molecule has 0 saturated heterocycles. The first-order valence-electron chi connectivity index (χ1n) is 9.58. The van der Waals surface area contributed by atoms with Crippen LogP contribution in [0.3, 0.4) is 0 Å². The first-order chi connectivity index (χ1) is 13.9. The number of carbonyl (C=O) groups is 2. The second kappa shape index (κ2) is 10.9. The molecule has 0 aromatic heterocycles. The van der Waals surface area contributed by atoms with Crippen molar-refractivity contribution < 1.29 is 19.1 Å². The van der Waals surface area contributed by atoms with Crippen molar-refractivity contribution >= 4 is 17.9 Å². The van der Waals surface area contributed by atoms with E-state index in [-0.39, 0.29) is 17.9 Å². The fourth-order valence-corrected chi connectivity index (χ4v) is 2.66. The van der Waals surface area contributed by atoms with E-state index in [1.807, 2.05) is 62.4 Å². The van der Waals surface area contributed by atoms with Gasteiger partial charge in [-0.05, 0) is 62.2 Å². The number of ether oxygens (including phenoxy) is 2. The molecule has 29 heavy (non-hydrogen) atoms. The monoisotopic (exact) mass is 396 g/mol. The van der Waals surface area contributed by atoms with Gasteiger partial charge in [0.1, 0.15) is 17.5 Å². The summed E-state index contributed by atoms with van der Waals surface area (Å²) >= 11 is 0. The van der Waals surface area contributed by atoms with Gasteiger partial charge in [-0.15, -0.1) is 0 Å². The van der Waals surface area contributed by atoms with E-state index in [0.717, 1.165) is 22.6 Å². The zero-order valence-electron chi connectivity index (χ0n) is 17.3. The SMILES string of the molecule is CCOc1ccc(C(C)NC(=O)C(C)NC(=O)/C=C/c2ccc(OC)cc2)cc1. The Kier molecular flexibility index (Phi) is 8.27. The van der Waals surface area contributed by atoms with E-state index < -0.39 is 6.04 Å². The van der Waals surface area contributed by atoms with Crippen molar-refractivity contribution in [2.75, 3.05) is 13.7 Å². The van der Waals surface area contributed by atoms with Crippen molar-refractivity contribution in [1.82, 2.24) is 10.6 Å². The van der Waals surface area contributed by atoms with Crippen LogP contribution in [0.15, 0.2) is 54.6 Å². The van der Waals surface area contributed by atoms with Crippen LogP contribution in [0.25, 0.3) is 6.08 Å². The van der Waals surface area contributed by atoms with E-state index in [9.17, 15) is 9.59 Å². The molecule has 2 unspecified atom stereocenters. The van der Waals surface area contributed by atoms with Gasteiger partial charge in [0, 0.05) is 6.08 Å². The minimum absolute atomic E-state index is 0.188. The molecule has 2 atom stereocenters. The van der Waals surface area contributed by atoms with Crippen LogP contribution >= 0.6 is 0 Å². The lowest BCUT2D eigenvalue weighted by Crippen LogP contribution is -2.45. The molecule has 0 saturated carbocycles. The Labute approximate surface area is 171 Å². The van der Waals surface area contributed by atoms with Crippen molar-refractivity contribution in [3.05, 3.63) is 65.7 Å². The first-order valence-corrected chi connectivity index (χ1v) is 9.58. The van der Waals surface area contributed by atoms with Crippen molar-refractivity contribution in [3.63, 3.8) is 0 Å². The van der Waals surface area contributed by atoms with E-state index in [1.54, 1.807) is 20.1 Å². The third-order valence-electron chi connectivity index (χ3n) is 4.34. The molecular weight excluding hydrogens is 368 g/mol. The molecule has 0 aliphatic carbocycles. The van der Waals surface area contributed by atoms with Gasteiger partial charge < -0.3 is 20.1 Å². The Morgan fingerprint density at radius 1 is 0.966 bits per heavy atom. The molecule has 0 fully saturated rings. The molecule has 6 nitrogen and oxygen atoms in total. The highest BCUT2D eigenvalue weighted by Crippen LogP contribution is 2.17. The van der Waals surface area contributed by atoms with E-state index in [0.29, 0.717) is 6.61 Å². The summed E-state index contributed by atoms with van der Waals surface area (Å²) in [6.45, 7) is 6.08. The molecule has 0 bridgehead atoms. The molecule has 0 aliphatic rings. The van der Waals surface area contributed by atoms with E-state index in [4.69, 9.17) is 9.47 Å². The Morgan fingerprint density at radius 2 is 1.59 bits per heavy atom. The number of methoxy groups -OCH3 is 1. The predicted molar refractivity (Wildman–Crippen MR) is 114 cm³/mol. The van der Waals surface area contributed by atoms with Gasteiger partial charge in [0.25, 0.3) is 0 Å². The summed E-state index contributed by atoms with van der Waals surface area (Å²) in [4.78, 5) is 24.5. The maximum absolute atomic E-state index is 12.4. The molecule has 0 heterocycles. The summed E-state index contributed by atoms with van der Waals surface area (Å²) in [5, 5.41) is 5.58. The van der Waals surface area contributed by atoms with Gasteiger partial charge in [-0.25, -0.2) is 0 Å². The van der Waals surface area contributed by atoms with Gasteiger partial charge in [0.05, 0.1) is 19.8 Å². The average molecular weight is 396 g/mol. The molecule has 154 valence electrons. The summed E-state index contributed by atoms with van der Waals surface area (Å²) in [6.07, 6.45) is 3.09. The zero-order chi connectivity index (χ0) is 21.2. The third kappa shape index (κ3) is 6.99. The van der Waals surface area contributed by atoms with Gasteiger partial charge in [0.15, 0.2) is 0 Å². The lowest BCUT2D eigenvalue weighted by Gasteiger charge is -2.18. The summed E-state index contributed by atoms with van der Waals surface area (Å²) in [7, 11) is 1.60. The van der Waals surface area contributed by atoms with Crippen LogP contribution in [0.2, 0.25) is 0 Å². The molecule has 2 aromatic rings. The molecule has 0 aliphatic heterocycles. The van der Waals surface area contributed by atoms with Crippen LogP contribution in [0.1, 0.15) is 37.9 Å². The maximum Gasteiger partial charge on any atom is 0.244 e. The highest BCUT2D eigenvalue weighted by molar-refractivity contribution is 5.95. The minimum Gasteiger partial charge on any atom is -0.497 e. The van der Waals surface area contributed by atoms with Crippen LogP contribution in [-0.4, -0.2) is 31.6 Å². The minimum atomic E-state index is -0.659. The van der Waals surface area contributed by atoms with Gasteiger partial charge in [-0.3, -0.25) is 9.59 Å². The van der Waals surface area contributed by atoms with E-state index in [1.165, 1.54) is 6.08 Å². The molecule has 2 N–H and O–H groups in total. The fourth-order valence-electron chi connectivity index (χ4n) is 2.66. The number of hydrogen-bond donors (Lipinski definition) is 2. The predicted octanol–water partition coefficient (Wildman–Crippen LogP) is 3.49. The van der Waals surface area contributed by atoms with Gasteiger partial charge >= 0.3 is 0 Å². The highest BCUT2D eigenvalue weighted by Gasteiger charge is 2.17. The van der Waals surface area contributed by atoms with E-state index >= 15 is 0 Å². The highest BCUT2D eigenvalue weighted by atomic mass is 16.5. The lowest BCUT2D eigenvalue weighted by atomic mass is 10.1. The molecule has 6 heteroatoms. The molecule has 2 amide bonds. The molecule has 0 spiro atoms. The molecule has 0 radical (unpaired) electrons. The van der Waals surface area contributed by atoms with Crippen molar-refractivity contribution in [1.29, 1.82) is 0 Å². The quantitative estimate of drug-likeness (QED) is 0.636. The first kappa shape index (κ1) is 22.0. The molecular formula is C23H28N2O4. The molecule has 2 rings (SSSR count). The number of carbonyl (C=O) groups excluding carboxylic acids is 2. The van der Waals surface area contributed by atoms with Crippen LogP contribution in [0.5, 0.6) is 11.5 Å². The van der Waals surface area contributed by atoms with Gasteiger partial charge in [-0.1, -0.05) is 24.3 Å². The maximum atomic E-state index is 12.4. The number of benzene rings is 2.